The van der Waals surface area contributed by atoms with E-state index in [1.165, 1.54) is 11.1 Å². The molecule has 0 bridgehead atoms. The SMILES string of the molecule is C=C(CC)CC(NCCC)c1cc(OC)cc(OC)c1. The number of ether oxygens (including phenoxy) is 2. The van der Waals surface area contributed by atoms with Crippen LogP contribution in [0.3, 0.4) is 0 Å². The van der Waals surface area contributed by atoms with Crippen LogP contribution in [0.1, 0.15) is 44.7 Å². The maximum atomic E-state index is 5.35. The van der Waals surface area contributed by atoms with E-state index >= 15 is 0 Å². The van der Waals surface area contributed by atoms with Gasteiger partial charge in [-0.1, -0.05) is 26.0 Å². The average Bonchev–Trinajstić information content (AvgIpc) is 2.50. The third-order valence-electron chi connectivity index (χ3n) is 3.41. The first-order valence-corrected chi connectivity index (χ1v) is 7.27. The Hall–Kier alpha value is -1.48. The molecule has 20 heavy (non-hydrogen) atoms. The van der Waals surface area contributed by atoms with Crippen molar-refractivity contribution in [1.82, 2.24) is 5.32 Å². The lowest BCUT2D eigenvalue weighted by Gasteiger charge is -2.21. The fraction of sp³-hybridized carbons (Fsp3) is 0.529. The summed E-state index contributed by atoms with van der Waals surface area (Å²) in [4.78, 5) is 0. The van der Waals surface area contributed by atoms with Crippen LogP contribution in [0, 0.1) is 0 Å². The number of rotatable bonds is 9. The van der Waals surface area contributed by atoms with Gasteiger partial charge >= 0.3 is 0 Å². The van der Waals surface area contributed by atoms with Gasteiger partial charge in [0.25, 0.3) is 0 Å². The topological polar surface area (TPSA) is 30.5 Å². The van der Waals surface area contributed by atoms with Crippen molar-refractivity contribution in [2.45, 2.75) is 39.2 Å². The van der Waals surface area contributed by atoms with Crippen LogP contribution >= 0.6 is 0 Å². The molecule has 1 unspecified atom stereocenters. The largest absolute Gasteiger partial charge is 0.497 e. The van der Waals surface area contributed by atoms with Crippen LogP contribution in [-0.2, 0) is 0 Å². The summed E-state index contributed by atoms with van der Waals surface area (Å²) < 4.78 is 10.7. The van der Waals surface area contributed by atoms with E-state index in [0.717, 1.165) is 37.3 Å². The van der Waals surface area contributed by atoms with E-state index in [2.05, 4.69) is 37.9 Å². The summed E-state index contributed by atoms with van der Waals surface area (Å²) >= 11 is 0. The molecule has 1 atom stereocenters. The Bertz CT molecular complexity index is 407. The molecule has 3 heteroatoms. The summed E-state index contributed by atoms with van der Waals surface area (Å²) in [6, 6.07) is 6.29. The van der Waals surface area contributed by atoms with Crippen LogP contribution in [-0.4, -0.2) is 20.8 Å². The predicted octanol–water partition coefficient (Wildman–Crippen LogP) is 4.10. The van der Waals surface area contributed by atoms with Crippen molar-refractivity contribution in [3.63, 3.8) is 0 Å². The minimum absolute atomic E-state index is 0.256. The van der Waals surface area contributed by atoms with Crippen LogP contribution < -0.4 is 14.8 Å². The van der Waals surface area contributed by atoms with Gasteiger partial charge in [-0.25, -0.2) is 0 Å². The number of benzene rings is 1. The van der Waals surface area contributed by atoms with E-state index in [1.54, 1.807) is 14.2 Å². The van der Waals surface area contributed by atoms with Gasteiger partial charge in [-0.2, -0.15) is 0 Å². The summed E-state index contributed by atoms with van der Waals surface area (Å²) in [6.07, 6.45) is 3.05. The monoisotopic (exact) mass is 277 g/mol. The molecule has 0 fully saturated rings. The van der Waals surface area contributed by atoms with Crippen molar-refractivity contribution in [2.75, 3.05) is 20.8 Å². The molecule has 0 aromatic heterocycles. The minimum atomic E-state index is 0.256. The van der Waals surface area contributed by atoms with Gasteiger partial charge in [-0.15, -0.1) is 0 Å². The molecule has 1 N–H and O–H groups in total. The molecule has 0 radical (unpaired) electrons. The number of nitrogens with one attached hydrogen (secondary N) is 1. The highest BCUT2D eigenvalue weighted by molar-refractivity contribution is 5.40. The molecule has 1 aromatic rings. The quantitative estimate of drug-likeness (QED) is 0.689. The second kappa shape index (κ2) is 8.64. The molecule has 0 aliphatic carbocycles. The first kappa shape index (κ1) is 16.6. The second-order valence-electron chi connectivity index (χ2n) is 4.96. The fourth-order valence-corrected chi connectivity index (χ4v) is 2.09. The van der Waals surface area contributed by atoms with Gasteiger partial charge in [0.1, 0.15) is 11.5 Å². The summed E-state index contributed by atoms with van der Waals surface area (Å²) in [6.45, 7) is 9.43. The number of methoxy groups -OCH3 is 2. The summed E-state index contributed by atoms with van der Waals surface area (Å²) in [5.74, 6) is 1.65. The Kier molecular flexibility index (Phi) is 7.16. The zero-order valence-electron chi connectivity index (χ0n) is 13.2. The molecule has 0 aliphatic heterocycles. The average molecular weight is 277 g/mol. The molecule has 0 aliphatic rings. The summed E-state index contributed by atoms with van der Waals surface area (Å²) in [7, 11) is 3.36. The van der Waals surface area contributed by atoms with Gasteiger partial charge < -0.3 is 14.8 Å². The van der Waals surface area contributed by atoms with E-state index < -0.39 is 0 Å². The van der Waals surface area contributed by atoms with E-state index in [-0.39, 0.29) is 6.04 Å². The lowest BCUT2D eigenvalue weighted by atomic mass is 9.97. The van der Waals surface area contributed by atoms with Crippen molar-refractivity contribution in [3.8, 4) is 11.5 Å². The summed E-state index contributed by atoms with van der Waals surface area (Å²) in [5.41, 5.74) is 2.43. The maximum Gasteiger partial charge on any atom is 0.122 e. The Balaban J connectivity index is 3.00. The molecule has 0 spiro atoms. The lowest BCUT2D eigenvalue weighted by Crippen LogP contribution is -2.22. The van der Waals surface area contributed by atoms with E-state index in [4.69, 9.17) is 9.47 Å². The Labute approximate surface area is 123 Å². The lowest BCUT2D eigenvalue weighted by molar-refractivity contribution is 0.391. The Morgan fingerprint density at radius 2 is 1.75 bits per heavy atom. The number of hydrogen-bond acceptors (Lipinski definition) is 3. The zero-order chi connectivity index (χ0) is 15.0. The van der Waals surface area contributed by atoms with Gasteiger partial charge in [-0.05, 0) is 43.5 Å². The third kappa shape index (κ3) is 4.89. The molecule has 1 rings (SSSR count). The predicted molar refractivity (Wildman–Crippen MR) is 84.6 cm³/mol. The maximum absolute atomic E-state index is 5.35. The van der Waals surface area contributed by atoms with Crippen molar-refractivity contribution >= 4 is 0 Å². The van der Waals surface area contributed by atoms with Crippen LogP contribution in [0.25, 0.3) is 0 Å². The smallest absolute Gasteiger partial charge is 0.122 e. The normalized spacial score (nSPS) is 12.0. The molecular weight excluding hydrogens is 250 g/mol. The first-order chi connectivity index (χ1) is 9.64. The van der Waals surface area contributed by atoms with Gasteiger partial charge in [0.15, 0.2) is 0 Å². The van der Waals surface area contributed by atoms with Gasteiger partial charge in [0.2, 0.25) is 0 Å². The van der Waals surface area contributed by atoms with Crippen molar-refractivity contribution in [2.24, 2.45) is 0 Å². The van der Waals surface area contributed by atoms with Gasteiger partial charge in [-0.3, -0.25) is 0 Å². The van der Waals surface area contributed by atoms with Crippen LogP contribution in [0.4, 0.5) is 0 Å². The Morgan fingerprint density at radius 1 is 1.15 bits per heavy atom. The highest BCUT2D eigenvalue weighted by Crippen LogP contribution is 2.29. The van der Waals surface area contributed by atoms with Crippen LogP contribution in [0.5, 0.6) is 11.5 Å². The molecule has 112 valence electrons. The third-order valence-corrected chi connectivity index (χ3v) is 3.41. The van der Waals surface area contributed by atoms with E-state index in [9.17, 15) is 0 Å². The summed E-state index contributed by atoms with van der Waals surface area (Å²) in [5, 5.41) is 3.58. The molecule has 0 saturated carbocycles. The molecule has 0 heterocycles. The van der Waals surface area contributed by atoms with Gasteiger partial charge in [0.05, 0.1) is 14.2 Å². The van der Waals surface area contributed by atoms with Crippen molar-refractivity contribution < 1.29 is 9.47 Å². The van der Waals surface area contributed by atoms with Crippen LogP contribution in [0.15, 0.2) is 30.4 Å². The minimum Gasteiger partial charge on any atom is -0.497 e. The molecule has 0 saturated heterocycles. The molecule has 1 aromatic carbocycles. The molecule has 0 amide bonds. The fourth-order valence-electron chi connectivity index (χ4n) is 2.09. The van der Waals surface area contributed by atoms with Crippen molar-refractivity contribution in [1.29, 1.82) is 0 Å². The van der Waals surface area contributed by atoms with Crippen molar-refractivity contribution in [3.05, 3.63) is 35.9 Å². The molecule has 3 nitrogen and oxygen atoms in total. The second-order valence-corrected chi connectivity index (χ2v) is 4.96. The number of hydrogen-bond donors (Lipinski definition) is 1. The highest BCUT2D eigenvalue weighted by atomic mass is 16.5. The van der Waals surface area contributed by atoms with E-state index in [0.29, 0.717) is 0 Å². The van der Waals surface area contributed by atoms with Crippen LogP contribution in [0.2, 0.25) is 0 Å². The zero-order valence-corrected chi connectivity index (χ0v) is 13.2. The van der Waals surface area contributed by atoms with E-state index in [1.807, 2.05) is 6.07 Å². The first-order valence-electron chi connectivity index (χ1n) is 7.27. The van der Waals surface area contributed by atoms with Gasteiger partial charge in [0, 0.05) is 12.1 Å². The molecular formula is C17H27NO2. The highest BCUT2D eigenvalue weighted by Gasteiger charge is 2.14. The standard InChI is InChI=1S/C17H27NO2/c1-6-8-18-17(9-13(3)7-2)14-10-15(19-4)12-16(11-14)20-5/h10-12,17-18H,3,6-9H2,1-2,4-5H3. The Morgan fingerprint density at radius 3 is 2.20 bits per heavy atom.